The van der Waals surface area contributed by atoms with Crippen LogP contribution in [-0.4, -0.2) is 13.1 Å². The first-order valence-electron chi connectivity index (χ1n) is 7.73. The molecule has 0 spiro atoms. The normalized spacial score (nSPS) is 28.5. The van der Waals surface area contributed by atoms with Gasteiger partial charge in [-0.15, -0.1) is 0 Å². The molecule has 22 heavy (non-hydrogen) atoms. The molecule has 3 rings (SSSR count). The predicted octanol–water partition coefficient (Wildman–Crippen LogP) is 4.67. The fourth-order valence-corrected chi connectivity index (χ4v) is 3.55. The Morgan fingerprint density at radius 1 is 1.32 bits per heavy atom. The maximum atomic E-state index is 12.2. The van der Waals surface area contributed by atoms with E-state index in [0.29, 0.717) is 11.8 Å². The first kappa shape index (κ1) is 14.9. The Balaban J connectivity index is 2.10. The van der Waals surface area contributed by atoms with E-state index in [-0.39, 0.29) is 5.97 Å². The molecule has 0 radical (unpaired) electrons. The summed E-state index contributed by atoms with van der Waals surface area (Å²) in [5.74, 6) is 0.666. The molecule has 3 unspecified atom stereocenters. The second kappa shape index (κ2) is 5.31. The Labute approximate surface area is 131 Å². The summed E-state index contributed by atoms with van der Waals surface area (Å²) in [7, 11) is 1.46. The van der Waals surface area contributed by atoms with Gasteiger partial charge in [0.15, 0.2) is 0 Å². The molecule has 0 amide bonds. The summed E-state index contributed by atoms with van der Waals surface area (Å²) in [6.07, 6.45) is 4.62. The molecule has 0 fully saturated rings. The molecule has 1 aliphatic carbocycles. The molecule has 116 valence electrons. The van der Waals surface area contributed by atoms with Crippen LogP contribution in [0.2, 0.25) is 0 Å². The molecule has 3 heteroatoms. The van der Waals surface area contributed by atoms with Crippen molar-refractivity contribution >= 4 is 22.5 Å². The Hall–Kier alpha value is -2.03. The molecular formula is C19H22O3. The number of rotatable bonds is 2. The standard InChI is InChI=1S/C19H22O3/c1-12-10-19(3,18(20)21-4)11-16(13(12)2)14-5-6-17-15(9-14)7-8-22-17/h5-9,11-13H,10H2,1-4H3. The van der Waals surface area contributed by atoms with Crippen LogP contribution in [0.15, 0.2) is 41.0 Å². The highest BCUT2D eigenvalue weighted by molar-refractivity contribution is 5.86. The van der Waals surface area contributed by atoms with Gasteiger partial charge in [-0.25, -0.2) is 0 Å². The molecule has 0 N–H and O–H groups in total. The van der Waals surface area contributed by atoms with Crippen LogP contribution in [0.1, 0.15) is 32.8 Å². The third-order valence-corrected chi connectivity index (χ3v) is 5.00. The van der Waals surface area contributed by atoms with E-state index in [9.17, 15) is 4.79 Å². The Bertz CT molecular complexity index is 740. The summed E-state index contributed by atoms with van der Waals surface area (Å²) < 4.78 is 10.4. The van der Waals surface area contributed by atoms with E-state index in [2.05, 4.69) is 32.1 Å². The van der Waals surface area contributed by atoms with Crippen LogP contribution >= 0.6 is 0 Å². The van der Waals surface area contributed by atoms with Crippen LogP contribution in [0.4, 0.5) is 0 Å². The van der Waals surface area contributed by atoms with Crippen LogP contribution in [-0.2, 0) is 9.53 Å². The summed E-state index contributed by atoms with van der Waals surface area (Å²) in [5, 5.41) is 1.09. The Kier molecular flexibility index (Phi) is 3.59. The van der Waals surface area contributed by atoms with Crippen LogP contribution in [0, 0.1) is 17.3 Å². The molecular weight excluding hydrogens is 276 g/mol. The van der Waals surface area contributed by atoms with E-state index in [1.54, 1.807) is 6.26 Å². The van der Waals surface area contributed by atoms with Crippen LogP contribution in [0.25, 0.3) is 16.5 Å². The van der Waals surface area contributed by atoms with Gasteiger partial charge in [-0.2, -0.15) is 0 Å². The number of carbonyl (C=O) groups excluding carboxylic acids is 1. The smallest absolute Gasteiger partial charge is 0.315 e. The number of carbonyl (C=O) groups is 1. The van der Waals surface area contributed by atoms with Gasteiger partial charge in [0.05, 0.1) is 18.8 Å². The van der Waals surface area contributed by atoms with Crippen molar-refractivity contribution in [3.63, 3.8) is 0 Å². The van der Waals surface area contributed by atoms with Crippen molar-refractivity contribution in [3.05, 3.63) is 42.2 Å². The topological polar surface area (TPSA) is 39.4 Å². The van der Waals surface area contributed by atoms with Crippen molar-refractivity contribution in [1.82, 2.24) is 0 Å². The lowest BCUT2D eigenvalue weighted by Gasteiger charge is -2.37. The van der Waals surface area contributed by atoms with E-state index in [1.807, 2.05) is 19.1 Å². The number of hydrogen-bond donors (Lipinski definition) is 0. The molecule has 2 aromatic rings. The van der Waals surface area contributed by atoms with Gasteiger partial charge in [0.1, 0.15) is 5.58 Å². The number of esters is 1. The van der Waals surface area contributed by atoms with Crippen molar-refractivity contribution in [2.45, 2.75) is 27.2 Å². The molecule has 1 aliphatic rings. The summed E-state index contributed by atoms with van der Waals surface area (Å²) in [4.78, 5) is 12.2. The third kappa shape index (κ3) is 2.35. The quantitative estimate of drug-likeness (QED) is 0.756. The van der Waals surface area contributed by atoms with Gasteiger partial charge in [-0.1, -0.05) is 26.0 Å². The fourth-order valence-electron chi connectivity index (χ4n) is 3.55. The highest BCUT2D eigenvalue weighted by Crippen LogP contribution is 2.45. The molecule has 0 bridgehead atoms. The average molecular weight is 298 g/mol. The van der Waals surface area contributed by atoms with E-state index in [0.717, 1.165) is 23.0 Å². The summed E-state index contributed by atoms with van der Waals surface area (Å²) in [6.45, 7) is 6.40. The molecule has 3 atom stereocenters. The van der Waals surface area contributed by atoms with Gasteiger partial charge < -0.3 is 9.15 Å². The highest BCUT2D eigenvalue weighted by atomic mass is 16.5. The van der Waals surface area contributed by atoms with E-state index >= 15 is 0 Å². The maximum Gasteiger partial charge on any atom is 0.315 e. The summed E-state index contributed by atoms with van der Waals surface area (Å²) in [6, 6.07) is 8.17. The Morgan fingerprint density at radius 2 is 2.09 bits per heavy atom. The van der Waals surface area contributed by atoms with E-state index in [4.69, 9.17) is 9.15 Å². The SMILES string of the molecule is COC(=O)C1(C)C=C(c2ccc3occc3c2)C(C)C(C)C1. The zero-order valence-electron chi connectivity index (χ0n) is 13.6. The monoisotopic (exact) mass is 298 g/mol. The lowest BCUT2D eigenvalue weighted by molar-refractivity contribution is -0.150. The first-order valence-corrected chi connectivity index (χ1v) is 7.73. The van der Waals surface area contributed by atoms with Crippen molar-refractivity contribution in [2.75, 3.05) is 7.11 Å². The van der Waals surface area contributed by atoms with Crippen molar-refractivity contribution in [3.8, 4) is 0 Å². The number of ether oxygens (including phenoxy) is 1. The molecule has 0 saturated heterocycles. The third-order valence-electron chi connectivity index (χ3n) is 5.00. The van der Waals surface area contributed by atoms with Crippen molar-refractivity contribution in [1.29, 1.82) is 0 Å². The van der Waals surface area contributed by atoms with Crippen molar-refractivity contribution in [2.24, 2.45) is 17.3 Å². The fraction of sp³-hybridized carbons (Fsp3) is 0.421. The molecule has 0 aliphatic heterocycles. The predicted molar refractivity (Wildman–Crippen MR) is 87.3 cm³/mol. The number of allylic oxidation sites excluding steroid dienone is 1. The molecule has 0 saturated carbocycles. The van der Waals surface area contributed by atoms with E-state index < -0.39 is 5.41 Å². The van der Waals surface area contributed by atoms with Gasteiger partial charge in [0.25, 0.3) is 0 Å². The summed E-state index contributed by atoms with van der Waals surface area (Å²) in [5.41, 5.74) is 2.70. The first-order chi connectivity index (χ1) is 10.4. The minimum atomic E-state index is -0.554. The lowest BCUT2D eigenvalue weighted by atomic mass is 9.67. The van der Waals surface area contributed by atoms with Crippen LogP contribution in [0.5, 0.6) is 0 Å². The van der Waals surface area contributed by atoms with Gasteiger partial charge in [-0.3, -0.25) is 4.79 Å². The number of furan rings is 1. The lowest BCUT2D eigenvalue weighted by Crippen LogP contribution is -2.35. The number of hydrogen-bond acceptors (Lipinski definition) is 3. The number of fused-ring (bicyclic) bond motifs is 1. The van der Waals surface area contributed by atoms with Gasteiger partial charge >= 0.3 is 5.97 Å². The zero-order valence-corrected chi connectivity index (χ0v) is 13.6. The average Bonchev–Trinajstić information content (AvgIpc) is 2.97. The molecule has 1 aromatic heterocycles. The minimum absolute atomic E-state index is 0.159. The molecule has 3 nitrogen and oxygen atoms in total. The number of benzene rings is 1. The van der Waals surface area contributed by atoms with Crippen molar-refractivity contribution < 1.29 is 13.9 Å². The molecule has 1 heterocycles. The number of methoxy groups -OCH3 is 1. The summed E-state index contributed by atoms with van der Waals surface area (Å²) >= 11 is 0. The molecule has 1 aromatic carbocycles. The van der Waals surface area contributed by atoms with Gasteiger partial charge in [0, 0.05) is 5.39 Å². The van der Waals surface area contributed by atoms with E-state index in [1.165, 1.54) is 12.7 Å². The van der Waals surface area contributed by atoms with Crippen LogP contribution in [0.3, 0.4) is 0 Å². The maximum absolute atomic E-state index is 12.2. The van der Waals surface area contributed by atoms with Crippen LogP contribution < -0.4 is 0 Å². The second-order valence-corrected chi connectivity index (χ2v) is 6.65. The minimum Gasteiger partial charge on any atom is -0.468 e. The highest BCUT2D eigenvalue weighted by Gasteiger charge is 2.40. The zero-order chi connectivity index (χ0) is 15.9. The second-order valence-electron chi connectivity index (χ2n) is 6.65. The Morgan fingerprint density at radius 3 is 2.82 bits per heavy atom. The van der Waals surface area contributed by atoms with Gasteiger partial charge in [0.2, 0.25) is 0 Å². The largest absolute Gasteiger partial charge is 0.468 e. The van der Waals surface area contributed by atoms with Gasteiger partial charge in [-0.05, 0) is 54.5 Å².